The van der Waals surface area contributed by atoms with Gasteiger partial charge in [-0.15, -0.1) is 0 Å². The summed E-state index contributed by atoms with van der Waals surface area (Å²) in [6.07, 6.45) is 1.96. The number of rotatable bonds is 4. The summed E-state index contributed by atoms with van der Waals surface area (Å²) in [6, 6.07) is 13.5. The third-order valence-electron chi connectivity index (χ3n) is 4.66. The third-order valence-corrected chi connectivity index (χ3v) is 4.66. The second-order valence-electron chi connectivity index (χ2n) is 7.78. The lowest BCUT2D eigenvalue weighted by Crippen LogP contribution is -2.29. The number of aromatic nitrogens is 1. The van der Waals surface area contributed by atoms with Gasteiger partial charge in [0.2, 0.25) is 11.8 Å². The fourth-order valence-corrected chi connectivity index (χ4v) is 3.27. The molecule has 1 saturated heterocycles. The van der Waals surface area contributed by atoms with E-state index in [1.807, 2.05) is 42.5 Å². The highest BCUT2D eigenvalue weighted by molar-refractivity contribution is 5.97. The van der Waals surface area contributed by atoms with Gasteiger partial charge >= 0.3 is 0 Å². The number of pyridine rings is 1. The second-order valence-corrected chi connectivity index (χ2v) is 7.78. The van der Waals surface area contributed by atoms with Gasteiger partial charge in [-0.05, 0) is 29.2 Å². The summed E-state index contributed by atoms with van der Waals surface area (Å²) >= 11 is 0. The fourth-order valence-electron chi connectivity index (χ4n) is 3.27. The number of carbonyl (C=O) groups is 2. The van der Waals surface area contributed by atoms with E-state index in [0.717, 1.165) is 16.9 Å². The number of nitrogens with one attached hydrogen (secondary N) is 1. The van der Waals surface area contributed by atoms with Crippen LogP contribution in [-0.2, 0) is 21.5 Å². The Labute approximate surface area is 154 Å². The summed E-state index contributed by atoms with van der Waals surface area (Å²) in [7, 11) is 0. The van der Waals surface area contributed by atoms with Crippen molar-refractivity contribution >= 4 is 17.5 Å². The summed E-state index contributed by atoms with van der Waals surface area (Å²) in [6.45, 7) is 7.23. The van der Waals surface area contributed by atoms with E-state index in [9.17, 15) is 9.59 Å². The summed E-state index contributed by atoms with van der Waals surface area (Å²) in [5, 5.41) is 3.03. The SMILES string of the molecule is CC(C)(C)c1ccccc1NC(=O)C1CC(=O)N(Cc2ccccn2)C1. The molecular weight excluding hydrogens is 326 g/mol. The van der Waals surface area contributed by atoms with Crippen molar-refractivity contribution < 1.29 is 9.59 Å². The van der Waals surface area contributed by atoms with Crippen LogP contribution in [0.5, 0.6) is 0 Å². The van der Waals surface area contributed by atoms with E-state index in [1.165, 1.54) is 0 Å². The smallest absolute Gasteiger partial charge is 0.229 e. The molecule has 5 heteroatoms. The molecule has 1 atom stereocenters. The van der Waals surface area contributed by atoms with Crippen molar-refractivity contribution in [1.82, 2.24) is 9.88 Å². The molecule has 0 aliphatic carbocycles. The lowest BCUT2D eigenvalue weighted by atomic mass is 9.85. The minimum absolute atomic E-state index is 0.0000837. The van der Waals surface area contributed by atoms with E-state index in [0.29, 0.717) is 13.1 Å². The first kappa shape index (κ1) is 18.1. The zero-order valence-electron chi connectivity index (χ0n) is 15.5. The van der Waals surface area contributed by atoms with Gasteiger partial charge in [-0.3, -0.25) is 14.6 Å². The van der Waals surface area contributed by atoms with Crippen molar-refractivity contribution in [2.75, 3.05) is 11.9 Å². The van der Waals surface area contributed by atoms with Crippen LogP contribution in [0, 0.1) is 5.92 Å². The normalized spacial score (nSPS) is 17.4. The van der Waals surface area contributed by atoms with Gasteiger partial charge in [-0.1, -0.05) is 45.0 Å². The van der Waals surface area contributed by atoms with Crippen molar-refractivity contribution in [2.45, 2.75) is 39.2 Å². The van der Waals surface area contributed by atoms with Gasteiger partial charge in [0.05, 0.1) is 18.2 Å². The maximum atomic E-state index is 12.7. The van der Waals surface area contributed by atoms with Gasteiger partial charge < -0.3 is 10.2 Å². The number of amides is 2. The van der Waals surface area contributed by atoms with Crippen LogP contribution in [0.2, 0.25) is 0 Å². The maximum absolute atomic E-state index is 12.7. The lowest BCUT2D eigenvalue weighted by molar-refractivity contribution is -0.128. The van der Waals surface area contributed by atoms with E-state index in [-0.39, 0.29) is 29.6 Å². The predicted molar refractivity (Wildman–Crippen MR) is 102 cm³/mol. The van der Waals surface area contributed by atoms with Gasteiger partial charge in [0.25, 0.3) is 0 Å². The largest absolute Gasteiger partial charge is 0.336 e. The molecule has 1 aliphatic rings. The Morgan fingerprint density at radius 1 is 1.19 bits per heavy atom. The molecule has 1 aliphatic heterocycles. The molecule has 0 spiro atoms. The first-order valence-electron chi connectivity index (χ1n) is 8.92. The molecule has 1 N–H and O–H groups in total. The monoisotopic (exact) mass is 351 g/mol. The Balaban J connectivity index is 1.68. The molecule has 3 rings (SSSR count). The number of hydrogen-bond acceptors (Lipinski definition) is 3. The molecule has 26 heavy (non-hydrogen) atoms. The van der Waals surface area contributed by atoms with Crippen molar-refractivity contribution in [3.05, 3.63) is 59.9 Å². The van der Waals surface area contributed by atoms with Crippen LogP contribution in [0.25, 0.3) is 0 Å². The standard InChI is InChI=1S/C21H25N3O2/c1-21(2,3)17-9-4-5-10-18(17)23-20(26)15-12-19(25)24(13-15)14-16-8-6-7-11-22-16/h4-11,15H,12-14H2,1-3H3,(H,23,26). The molecule has 2 aromatic rings. The fraction of sp³-hybridized carbons (Fsp3) is 0.381. The van der Waals surface area contributed by atoms with E-state index in [4.69, 9.17) is 0 Å². The van der Waals surface area contributed by atoms with Gasteiger partial charge in [-0.2, -0.15) is 0 Å². The Bertz CT molecular complexity index is 796. The zero-order chi connectivity index (χ0) is 18.7. The average Bonchev–Trinajstić information content (AvgIpc) is 2.96. The summed E-state index contributed by atoms with van der Waals surface area (Å²) in [5.41, 5.74) is 2.67. The lowest BCUT2D eigenvalue weighted by Gasteiger charge is -2.23. The van der Waals surface area contributed by atoms with Gasteiger partial charge in [-0.25, -0.2) is 0 Å². The quantitative estimate of drug-likeness (QED) is 0.919. The van der Waals surface area contributed by atoms with E-state index < -0.39 is 0 Å². The van der Waals surface area contributed by atoms with E-state index in [1.54, 1.807) is 11.1 Å². The molecule has 1 unspecified atom stereocenters. The molecule has 2 heterocycles. The molecule has 0 saturated carbocycles. The van der Waals surface area contributed by atoms with Gasteiger partial charge in [0, 0.05) is 24.8 Å². The highest BCUT2D eigenvalue weighted by atomic mass is 16.2. The molecule has 0 bridgehead atoms. The molecule has 1 aromatic carbocycles. The highest BCUT2D eigenvalue weighted by Gasteiger charge is 2.34. The van der Waals surface area contributed by atoms with Crippen LogP contribution in [0.1, 0.15) is 38.4 Å². The molecule has 5 nitrogen and oxygen atoms in total. The average molecular weight is 351 g/mol. The molecular formula is C21H25N3O2. The number of nitrogens with zero attached hydrogens (tertiary/aromatic N) is 2. The van der Waals surface area contributed by atoms with Crippen LogP contribution in [0.4, 0.5) is 5.69 Å². The first-order valence-corrected chi connectivity index (χ1v) is 8.92. The van der Waals surface area contributed by atoms with Crippen molar-refractivity contribution in [2.24, 2.45) is 5.92 Å². The van der Waals surface area contributed by atoms with Gasteiger partial charge in [0.15, 0.2) is 0 Å². The van der Waals surface area contributed by atoms with Crippen LogP contribution in [0.15, 0.2) is 48.7 Å². The Kier molecular flexibility index (Phi) is 5.07. The summed E-state index contributed by atoms with van der Waals surface area (Å²) in [5.74, 6) is -0.433. The number of benzene rings is 1. The van der Waals surface area contributed by atoms with Crippen molar-refractivity contribution in [3.8, 4) is 0 Å². The van der Waals surface area contributed by atoms with Crippen LogP contribution >= 0.6 is 0 Å². The molecule has 1 aromatic heterocycles. The summed E-state index contributed by atoms with van der Waals surface area (Å²) < 4.78 is 0. The highest BCUT2D eigenvalue weighted by Crippen LogP contribution is 2.30. The molecule has 2 amide bonds. The van der Waals surface area contributed by atoms with Crippen LogP contribution in [-0.4, -0.2) is 28.2 Å². The first-order chi connectivity index (χ1) is 12.3. The summed E-state index contributed by atoms with van der Waals surface area (Å²) in [4.78, 5) is 31.0. The molecule has 0 radical (unpaired) electrons. The topological polar surface area (TPSA) is 62.3 Å². The molecule has 136 valence electrons. The van der Waals surface area contributed by atoms with Gasteiger partial charge in [0.1, 0.15) is 0 Å². The predicted octanol–water partition coefficient (Wildman–Crippen LogP) is 3.37. The maximum Gasteiger partial charge on any atom is 0.229 e. The zero-order valence-corrected chi connectivity index (χ0v) is 15.5. The minimum atomic E-state index is -0.334. The Hall–Kier alpha value is -2.69. The van der Waals surface area contributed by atoms with Crippen molar-refractivity contribution in [3.63, 3.8) is 0 Å². The number of hydrogen-bond donors (Lipinski definition) is 1. The minimum Gasteiger partial charge on any atom is -0.336 e. The van der Waals surface area contributed by atoms with E-state index in [2.05, 4.69) is 31.1 Å². The van der Waals surface area contributed by atoms with E-state index >= 15 is 0 Å². The Morgan fingerprint density at radius 2 is 1.92 bits per heavy atom. The van der Waals surface area contributed by atoms with Crippen LogP contribution < -0.4 is 5.32 Å². The number of carbonyl (C=O) groups excluding carboxylic acids is 2. The van der Waals surface area contributed by atoms with Crippen LogP contribution in [0.3, 0.4) is 0 Å². The number of para-hydroxylation sites is 1. The number of likely N-dealkylation sites (tertiary alicyclic amines) is 1. The third kappa shape index (κ3) is 4.10. The second kappa shape index (κ2) is 7.28. The Morgan fingerprint density at radius 3 is 2.62 bits per heavy atom. The number of anilines is 1. The van der Waals surface area contributed by atoms with Crippen molar-refractivity contribution in [1.29, 1.82) is 0 Å². The molecule has 1 fully saturated rings.